The van der Waals surface area contributed by atoms with Gasteiger partial charge in [0.15, 0.2) is 0 Å². The Morgan fingerprint density at radius 3 is 2.14 bits per heavy atom. The van der Waals surface area contributed by atoms with Crippen molar-refractivity contribution in [3.8, 4) is 0 Å². The summed E-state index contributed by atoms with van der Waals surface area (Å²) >= 11 is 0. The van der Waals surface area contributed by atoms with Crippen LogP contribution in [0.2, 0.25) is 0 Å². The van der Waals surface area contributed by atoms with Crippen molar-refractivity contribution in [1.29, 1.82) is 0 Å². The smallest absolute Gasteiger partial charge is 0.416 e. The Morgan fingerprint density at radius 1 is 1.00 bits per heavy atom. The van der Waals surface area contributed by atoms with E-state index in [1.54, 1.807) is 0 Å². The summed E-state index contributed by atoms with van der Waals surface area (Å²) in [5, 5.41) is 9.30. The van der Waals surface area contributed by atoms with Crippen LogP contribution in [-0.2, 0) is 29.0 Å². The van der Waals surface area contributed by atoms with Gasteiger partial charge in [0.1, 0.15) is 0 Å². The molecule has 4 rings (SSSR count). The van der Waals surface area contributed by atoms with Gasteiger partial charge in [0.05, 0.1) is 29.4 Å². The van der Waals surface area contributed by atoms with Crippen molar-refractivity contribution in [3.05, 3.63) is 70.3 Å². The zero-order valence-corrected chi connectivity index (χ0v) is 19.5. The Labute approximate surface area is 204 Å². The third-order valence-electron chi connectivity index (χ3n) is 7.13. The number of rotatable bonds is 5. The van der Waals surface area contributed by atoms with E-state index in [1.807, 2.05) is 24.3 Å². The molecule has 1 amide bonds. The first-order valence-corrected chi connectivity index (χ1v) is 11.5. The molecule has 0 aromatic heterocycles. The SMILES string of the molecule is CC(OC[C@@]1(N2CCN(C(=O)O)CC2)CCc2ccccc21)c1cc(C(F)(F)F)cc(C(F)(F)F)c1. The summed E-state index contributed by atoms with van der Waals surface area (Å²) in [5.74, 6) is 0. The second-order valence-corrected chi connectivity index (χ2v) is 9.24. The molecule has 1 aliphatic carbocycles. The summed E-state index contributed by atoms with van der Waals surface area (Å²) < 4.78 is 86.0. The summed E-state index contributed by atoms with van der Waals surface area (Å²) in [6, 6.07) is 9.21. The zero-order chi connectivity index (χ0) is 26.3. The molecular formula is C25H26F6N2O3. The predicted octanol–water partition coefficient (Wildman–Crippen LogP) is 5.94. The average molecular weight is 516 g/mol. The van der Waals surface area contributed by atoms with Crippen molar-refractivity contribution in [2.75, 3.05) is 32.8 Å². The van der Waals surface area contributed by atoms with Crippen LogP contribution in [-0.4, -0.2) is 53.8 Å². The lowest BCUT2D eigenvalue weighted by Crippen LogP contribution is -2.57. The Balaban J connectivity index is 1.62. The number of carboxylic acid groups (broad SMARTS) is 1. The molecule has 1 unspecified atom stereocenters. The van der Waals surface area contributed by atoms with Gasteiger partial charge in [-0.3, -0.25) is 4.90 Å². The van der Waals surface area contributed by atoms with Crippen LogP contribution in [0.15, 0.2) is 42.5 Å². The molecule has 1 saturated heterocycles. The van der Waals surface area contributed by atoms with Crippen molar-refractivity contribution >= 4 is 6.09 Å². The number of piperazine rings is 1. The zero-order valence-electron chi connectivity index (χ0n) is 19.5. The fourth-order valence-corrected chi connectivity index (χ4v) is 5.14. The monoisotopic (exact) mass is 516 g/mol. The number of aryl methyl sites for hydroxylation is 1. The van der Waals surface area contributed by atoms with Crippen LogP contribution in [0.4, 0.5) is 31.1 Å². The number of hydrogen-bond donors (Lipinski definition) is 1. The molecule has 11 heteroatoms. The van der Waals surface area contributed by atoms with Gasteiger partial charge in [-0.2, -0.15) is 26.3 Å². The minimum Gasteiger partial charge on any atom is -0.465 e. The summed E-state index contributed by atoms with van der Waals surface area (Å²) in [6.45, 7) is 2.91. The van der Waals surface area contributed by atoms with Crippen molar-refractivity contribution in [3.63, 3.8) is 0 Å². The molecule has 2 aliphatic rings. The number of fused-ring (bicyclic) bond motifs is 1. The van der Waals surface area contributed by atoms with Crippen LogP contribution in [0, 0.1) is 0 Å². The molecule has 0 radical (unpaired) electrons. The summed E-state index contributed by atoms with van der Waals surface area (Å²) in [5.41, 5.74) is -1.56. The first-order valence-electron chi connectivity index (χ1n) is 11.5. The quantitative estimate of drug-likeness (QED) is 0.500. The van der Waals surface area contributed by atoms with Crippen LogP contribution in [0.3, 0.4) is 0 Å². The van der Waals surface area contributed by atoms with Crippen molar-refractivity contribution in [1.82, 2.24) is 9.80 Å². The van der Waals surface area contributed by atoms with Gasteiger partial charge in [0.25, 0.3) is 0 Å². The molecule has 0 spiro atoms. The normalized spacial score (nSPS) is 21.9. The van der Waals surface area contributed by atoms with Crippen LogP contribution >= 0.6 is 0 Å². The van der Waals surface area contributed by atoms with Gasteiger partial charge in [0, 0.05) is 26.2 Å². The molecule has 36 heavy (non-hydrogen) atoms. The lowest BCUT2D eigenvalue weighted by atomic mass is 9.89. The number of amides is 1. The largest absolute Gasteiger partial charge is 0.465 e. The standard InChI is InChI=1S/C25H26F6N2O3/c1-16(18-12-19(24(26,27)28)14-20(13-18)25(29,30)31)36-15-23(7-6-17-4-2-3-5-21(17)23)33-10-8-32(9-11-33)22(34)35/h2-5,12-14,16H,6-11,15H2,1H3,(H,34,35)/t16?,23-/m0/s1. The van der Waals surface area contributed by atoms with Gasteiger partial charge < -0.3 is 14.7 Å². The Hall–Kier alpha value is -2.79. The number of halogens is 6. The first kappa shape index (κ1) is 26.3. The number of carbonyl (C=O) groups is 1. The van der Waals surface area contributed by atoms with Crippen molar-refractivity contribution < 1.29 is 41.0 Å². The third kappa shape index (κ3) is 5.17. The second-order valence-electron chi connectivity index (χ2n) is 9.24. The van der Waals surface area contributed by atoms with Gasteiger partial charge in [-0.1, -0.05) is 24.3 Å². The van der Waals surface area contributed by atoms with E-state index in [2.05, 4.69) is 4.90 Å². The van der Waals surface area contributed by atoms with Gasteiger partial charge in [-0.25, -0.2) is 4.79 Å². The molecular weight excluding hydrogens is 490 g/mol. The molecule has 1 heterocycles. The third-order valence-corrected chi connectivity index (χ3v) is 7.13. The maximum Gasteiger partial charge on any atom is 0.416 e. The molecule has 0 bridgehead atoms. The molecule has 2 atom stereocenters. The van der Waals surface area contributed by atoms with E-state index in [-0.39, 0.29) is 31.3 Å². The molecule has 5 nitrogen and oxygen atoms in total. The van der Waals surface area contributed by atoms with Gasteiger partial charge >= 0.3 is 18.4 Å². The lowest BCUT2D eigenvalue weighted by molar-refractivity contribution is -0.143. The first-order chi connectivity index (χ1) is 16.8. The molecule has 1 fully saturated rings. The number of ether oxygens (including phenoxy) is 1. The average Bonchev–Trinajstić information content (AvgIpc) is 3.21. The molecule has 2 aromatic carbocycles. The van der Waals surface area contributed by atoms with E-state index in [0.717, 1.165) is 17.5 Å². The van der Waals surface area contributed by atoms with E-state index in [9.17, 15) is 36.2 Å². The van der Waals surface area contributed by atoms with Gasteiger partial charge in [0.2, 0.25) is 0 Å². The maximum absolute atomic E-state index is 13.3. The number of alkyl halides is 6. The van der Waals surface area contributed by atoms with Crippen LogP contribution < -0.4 is 0 Å². The highest BCUT2D eigenvalue weighted by Gasteiger charge is 2.45. The minimum atomic E-state index is -4.94. The predicted molar refractivity (Wildman–Crippen MR) is 118 cm³/mol. The van der Waals surface area contributed by atoms with Crippen LogP contribution in [0.5, 0.6) is 0 Å². The number of benzene rings is 2. The Morgan fingerprint density at radius 2 is 1.58 bits per heavy atom. The van der Waals surface area contributed by atoms with Gasteiger partial charge in [-0.05, 0) is 54.7 Å². The minimum absolute atomic E-state index is 0.0375. The Kier molecular flexibility index (Phi) is 7.00. The fraction of sp³-hybridized carbons (Fsp3) is 0.480. The van der Waals surface area contributed by atoms with Crippen LogP contribution in [0.25, 0.3) is 0 Å². The summed E-state index contributed by atoms with van der Waals surface area (Å²) in [6.07, 6.45) is -10.6. The van der Waals surface area contributed by atoms with E-state index in [0.29, 0.717) is 31.6 Å². The molecule has 2 aromatic rings. The van der Waals surface area contributed by atoms with Gasteiger partial charge in [-0.15, -0.1) is 0 Å². The van der Waals surface area contributed by atoms with Crippen molar-refractivity contribution in [2.45, 2.75) is 43.8 Å². The highest BCUT2D eigenvalue weighted by atomic mass is 19.4. The second kappa shape index (κ2) is 9.59. The van der Waals surface area contributed by atoms with Crippen LogP contribution in [0.1, 0.15) is 47.3 Å². The van der Waals surface area contributed by atoms with E-state index < -0.39 is 41.2 Å². The van der Waals surface area contributed by atoms with Crippen molar-refractivity contribution in [2.24, 2.45) is 0 Å². The van der Waals surface area contributed by atoms with E-state index in [4.69, 9.17) is 4.74 Å². The van der Waals surface area contributed by atoms with E-state index in [1.165, 1.54) is 11.8 Å². The molecule has 0 saturated carbocycles. The summed E-state index contributed by atoms with van der Waals surface area (Å²) in [7, 11) is 0. The molecule has 1 aliphatic heterocycles. The molecule has 1 N–H and O–H groups in total. The Bertz CT molecular complexity index is 1080. The lowest BCUT2D eigenvalue weighted by Gasteiger charge is -2.46. The number of nitrogens with zero attached hydrogens (tertiary/aromatic N) is 2. The summed E-state index contributed by atoms with van der Waals surface area (Å²) in [4.78, 5) is 14.8. The molecule has 196 valence electrons. The van der Waals surface area contributed by atoms with E-state index >= 15 is 0 Å². The highest BCUT2D eigenvalue weighted by molar-refractivity contribution is 5.65. The topological polar surface area (TPSA) is 53.0 Å². The fourth-order valence-electron chi connectivity index (χ4n) is 5.14. The highest BCUT2D eigenvalue weighted by Crippen LogP contribution is 2.44. The maximum atomic E-state index is 13.3. The number of hydrogen-bond acceptors (Lipinski definition) is 3.